The summed E-state index contributed by atoms with van der Waals surface area (Å²) in [5.41, 5.74) is 0. The number of hydrogen-bond acceptors (Lipinski definition) is 10. The largest absolute Gasteiger partial charge is 0.472 e. The van der Waals surface area contributed by atoms with Gasteiger partial charge in [-0.1, -0.05) is 214 Å². The second-order valence-electron chi connectivity index (χ2n) is 19.4. The predicted octanol–water partition coefficient (Wildman–Crippen LogP) is 17.8. The maximum Gasteiger partial charge on any atom is 0.472 e. The van der Waals surface area contributed by atoms with Crippen LogP contribution in [-0.4, -0.2) is 66.5 Å². The zero-order valence-corrected chi connectivity index (χ0v) is 48.8. The van der Waals surface area contributed by atoms with E-state index in [2.05, 4.69) is 118 Å². The number of carbonyl (C=O) groups excluding carboxylic acids is 3. The van der Waals surface area contributed by atoms with E-state index < -0.39 is 57.8 Å². The van der Waals surface area contributed by atoms with E-state index in [0.29, 0.717) is 19.3 Å². The molecule has 3 unspecified atom stereocenters. The maximum absolute atomic E-state index is 12.9. The first kappa shape index (κ1) is 72.1. The Kier molecular flexibility index (Phi) is 54.4. The van der Waals surface area contributed by atoms with E-state index in [4.69, 9.17) is 23.3 Å². The molecule has 0 aliphatic rings. The number of unbranched alkanes of at least 4 members (excludes halogenated alkanes) is 19. The van der Waals surface area contributed by atoms with Gasteiger partial charge in [-0.15, -0.1) is 0 Å². The summed E-state index contributed by atoms with van der Waals surface area (Å²) < 4.78 is 39.5. The maximum atomic E-state index is 12.9. The highest BCUT2D eigenvalue weighted by molar-refractivity contribution is 7.47. The molecule has 0 aromatic heterocycles. The molecule has 0 aromatic rings. The molecule has 12 heteroatoms. The number of hydrogen-bond donors (Lipinski definition) is 2. The number of phosphoric ester groups is 1. The molecule has 0 aliphatic heterocycles. The third kappa shape index (κ3) is 54.9. The van der Waals surface area contributed by atoms with Crippen LogP contribution in [0.15, 0.2) is 109 Å². The number of aliphatic hydroxyl groups excluding tert-OH is 1. The minimum absolute atomic E-state index is 0.0971. The van der Waals surface area contributed by atoms with Crippen LogP contribution in [0.5, 0.6) is 0 Å². The monoisotopic (exact) mass is 1080 g/mol. The van der Waals surface area contributed by atoms with Crippen molar-refractivity contribution in [3.8, 4) is 0 Å². The Morgan fingerprint density at radius 1 is 0.382 bits per heavy atom. The van der Waals surface area contributed by atoms with Crippen LogP contribution in [0, 0.1) is 0 Å². The van der Waals surface area contributed by atoms with E-state index in [1.165, 1.54) is 64.2 Å². The molecule has 76 heavy (non-hydrogen) atoms. The van der Waals surface area contributed by atoms with Crippen molar-refractivity contribution in [2.45, 2.75) is 251 Å². The Morgan fingerprint density at radius 2 is 0.711 bits per heavy atom. The molecule has 0 fully saturated rings. The number of ether oxygens (including phenoxy) is 3. The normalized spacial score (nSPS) is 14.1. The molecule has 3 atom stereocenters. The highest BCUT2D eigenvalue weighted by Crippen LogP contribution is 2.43. The first-order valence-electron chi connectivity index (χ1n) is 29.8. The lowest BCUT2D eigenvalue weighted by Crippen LogP contribution is -2.30. The quantitative estimate of drug-likeness (QED) is 0.0197. The summed E-state index contributed by atoms with van der Waals surface area (Å²) in [6.07, 6.45) is 69.1. The fourth-order valence-electron chi connectivity index (χ4n) is 7.64. The predicted molar refractivity (Wildman–Crippen MR) is 316 cm³/mol. The molecule has 0 radical (unpaired) electrons. The summed E-state index contributed by atoms with van der Waals surface area (Å²) >= 11 is 0. The number of aliphatic hydroxyl groups is 1. The smallest absolute Gasteiger partial charge is 0.462 e. The van der Waals surface area contributed by atoms with Crippen molar-refractivity contribution in [2.75, 3.05) is 26.4 Å². The van der Waals surface area contributed by atoms with Crippen LogP contribution in [0.3, 0.4) is 0 Å². The second-order valence-corrected chi connectivity index (χ2v) is 20.9. The molecule has 0 spiro atoms. The van der Waals surface area contributed by atoms with Crippen molar-refractivity contribution >= 4 is 25.7 Å². The molecule has 0 aromatic carbocycles. The van der Waals surface area contributed by atoms with Gasteiger partial charge in [0.1, 0.15) is 12.7 Å². The van der Waals surface area contributed by atoms with E-state index in [-0.39, 0.29) is 25.9 Å². The van der Waals surface area contributed by atoms with Gasteiger partial charge in [0.15, 0.2) is 6.10 Å². The summed E-state index contributed by atoms with van der Waals surface area (Å²) in [6, 6.07) is 0. The number of esters is 3. The third-order valence-electron chi connectivity index (χ3n) is 12.2. The Bertz CT molecular complexity index is 1690. The molecule has 0 rings (SSSR count). The van der Waals surface area contributed by atoms with Crippen molar-refractivity contribution in [3.63, 3.8) is 0 Å². The first-order valence-corrected chi connectivity index (χ1v) is 31.3. The minimum Gasteiger partial charge on any atom is -0.462 e. The van der Waals surface area contributed by atoms with Gasteiger partial charge in [0, 0.05) is 19.3 Å². The molecule has 0 bridgehead atoms. The summed E-state index contributed by atoms with van der Waals surface area (Å²) in [5, 5.41) is 9.83. The summed E-state index contributed by atoms with van der Waals surface area (Å²) in [7, 11) is -4.78. The zero-order valence-electron chi connectivity index (χ0n) is 47.9. The molecule has 11 nitrogen and oxygen atoms in total. The first-order chi connectivity index (χ1) is 37.2. The minimum atomic E-state index is -4.78. The van der Waals surface area contributed by atoms with Crippen molar-refractivity contribution in [1.82, 2.24) is 0 Å². The number of carbonyl (C=O) groups is 3. The van der Waals surface area contributed by atoms with Gasteiger partial charge < -0.3 is 24.2 Å². The number of rotatable bonds is 54. The molecule has 0 amide bonds. The molecular formula is C64H107O11P. The van der Waals surface area contributed by atoms with Gasteiger partial charge in [0.2, 0.25) is 0 Å². The fourth-order valence-corrected chi connectivity index (χ4v) is 8.43. The lowest BCUT2D eigenvalue weighted by molar-refractivity contribution is -0.161. The van der Waals surface area contributed by atoms with Gasteiger partial charge in [-0.3, -0.25) is 23.4 Å². The number of phosphoric acid groups is 1. The average Bonchev–Trinajstić information content (AvgIpc) is 3.41. The summed E-state index contributed by atoms with van der Waals surface area (Å²) in [4.78, 5) is 48.5. The highest BCUT2D eigenvalue weighted by Gasteiger charge is 2.28. The summed E-state index contributed by atoms with van der Waals surface area (Å²) in [6.45, 7) is 4.37. The molecular weight excluding hydrogens is 976 g/mol. The van der Waals surface area contributed by atoms with Crippen molar-refractivity contribution < 1.29 is 52.2 Å². The summed E-state index contributed by atoms with van der Waals surface area (Å²) in [5.74, 6) is -1.59. The zero-order chi connectivity index (χ0) is 55.5. The highest BCUT2D eigenvalue weighted by atomic mass is 31.2. The van der Waals surface area contributed by atoms with Gasteiger partial charge in [-0.2, -0.15) is 0 Å². The van der Waals surface area contributed by atoms with Gasteiger partial charge in [0.25, 0.3) is 0 Å². The van der Waals surface area contributed by atoms with Crippen LogP contribution in [0.25, 0.3) is 0 Å². The van der Waals surface area contributed by atoms with Crippen LogP contribution in [0.1, 0.15) is 239 Å². The van der Waals surface area contributed by atoms with Gasteiger partial charge in [-0.25, -0.2) is 4.57 Å². The van der Waals surface area contributed by atoms with Crippen LogP contribution in [0.2, 0.25) is 0 Å². The van der Waals surface area contributed by atoms with E-state index in [1.807, 2.05) is 12.2 Å². The van der Waals surface area contributed by atoms with Crippen LogP contribution < -0.4 is 0 Å². The van der Waals surface area contributed by atoms with Crippen molar-refractivity contribution in [2.24, 2.45) is 0 Å². The van der Waals surface area contributed by atoms with E-state index in [0.717, 1.165) is 116 Å². The fraction of sp³-hybridized carbons (Fsp3) is 0.672. The lowest BCUT2D eigenvalue weighted by Gasteiger charge is -2.21. The van der Waals surface area contributed by atoms with Gasteiger partial charge >= 0.3 is 25.7 Å². The molecule has 2 N–H and O–H groups in total. The Morgan fingerprint density at radius 3 is 1.11 bits per heavy atom. The van der Waals surface area contributed by atoms with E-state index in [9.17, 15) is 28.9 Å². The topological polar surface area (TPSA) is 155 Å². The Hall–Kier alpha value is -3.86. The molecule has 434 valence electrons. The number of allylic oxidation sites excluding steroid dienone is 18. The van der Waals surface area contributed by atoms with Crippen molar-refractivity contribution in [1.29, 1.82) is 0 Å². The average molecular weight is 1080 g/mol. The third-order valence-corrected chi connectivity index (χ3v) is 13.1. The van der Waals surface area contributed by atoms with Crippen LogP contribution in [0.4, 0.5) is 0 Å². The van der Waals surface area contributed by atoms with Crippen LogP contribution >= 0.6 is 7.82 Å². The Balaban J connectivity index is 4.79. The molecule has 0 saturated carbocycles. The molecule has 0 saturated heterocycles. The molecule has 0 heterocycles. The molecule has 0 aliphatic carbocycles. The standard InChI is InChI=1S/C64H107O11P/c1-4-7-10-13-16-19-22-25-27-29-30-32-34-37-40-43-46-49-52-55-64(68)75-61(57-71-62(66)53-50-47-44-41-38-35-24-21-18-15-12-9-6-3)59-73-76(69,70)72-58-60(56-65)74-63(67)54-51-48-45-42-39-36-33-31-28-26-23-20-17-14-11-8-5-2/h9,12,16-21,25-28,30,32,35,38,44,47,60-61,65H,4-8,10-11,13-15,22-24,29,31,33-34,36-37,39-43,45-46,48-59H2,1-3H3,(H,69,70)/b12-9-,19-16-,20-17-,21-18-,27-25-,28-26-,32-30-,38-35-,47-44-. The SMILES string of the molecule is CC/C=C\C/C=C\C/C=C\C/C=C\CCC(=O)OCC(COP(=O)(O)OCC(CO)OC(=O)CCCCCCCCC/C=C\C/C=C\CCCCC)OC(=O)CCCCCCCC/C=C\C/C=C\C/C=C\CCCCC. The van der Waals surface area contributed by atoms with Gasteiger partial charge in [-0.05, 0) is 116 Å². The van der Waals surface area contributed by atoms with Crippen molar-refractivity contribution in [3.05, 3.63) is 109 Å². The van der Waals surface area contributed by atoms with E-state index >= 15 is 0 Å². The van der Waals surface area contributed by atoms with Gasteiger partial charge in [0.05, 0.1) is 19.8 Å². The van der Waals surface area contributed by atoms with E-state index in [1.54, 1.807) is 0 Å². The Labute approximate surface area is 463 Å². The lowest BCUT2D eigenvalue weighted by atomic mass is 10.1. The van der Waals surface area contributed by atoms with Crippen LogP contribution in [-0.2, 0) is 42.2 Å². The second kappa shape index (κ2) is 57.3.